The van der Waals surface area contributed by atoms with E-state index in [1.165, 1.54) is 18.2 Å². The molecule has 0 saturated heterocycles. The fourth-order valence-corrected chi connectivity index (χ4v) is 1.48. The highest BCUT2D eigenvalue weighted by atomic mass is 35.5. The Labute approximate surface area is 101 Å². The highest BCUT2D eigenvalue weighted by Crippen LogP contribution is 2.25. The van der Waals surface area contributed by atoms with Crippen molar-refractivity contribution in [2.75, 3.05) is 0 Å². The van der Waals surface area contributed by atoms with Crippen LogP contribution in [0.25, 0.3) is 0 Å². The summed E-state index contributed by atoms with van der Waals surface area (Å²) in [6, 6.07) is 4.24. The molecule has 0 N–H and O–H groups in total. The molecule has 0 aliphatic carbocycles. The minimum absolute atomic E-state index is 0.0114. The lowest BCUT2D eigenvalue weighted by Crippen LogP contribution is -2.05. The van der Waals surface area contributed by atoms with E-state index in [0.29, 0.717) is 10.6 Å². The minimum Gasteiger partial charge on any atom is -0.435 e. The first-order valence-electron chi connectivity index (χ1n) is 4.40. The molecule has 6 heteroatoms. The Morgan fingerprint density at radius 2 is 2.12 bits per heavy atom. The van der Waals surface area contributed by atoms with Crippen LogP contribution in [0.1, 0.15) is 12.0 Å². The Morgan fingerprint density at radius 3 is 2.69 bits per heavy atom. The van der Waals surface area contributed by atoms with Gasteiger partial charge in [-0.2, -0.15) is 8.78 Å². The lowest BCUT2D eigenvalue weighted by atomic mass is 10.1. The van der Waals surface area contributed by atoms with Crippen molar-refractivity contribution >= 4 is 28.4 Å². The second-order valence-electron chi connectivity index (χ2n) is 2.99. The maximum atomic E-state index is 12.1. The van der Waals surface area contributed by atoms with Crippen LogP contribution >= 0.6 is 23.2 Å². The number of ether oxygens (including phenoxy) is 1. The van der Waals surface area contributed by atoms with Gasteiger partial charge in [0.15, 0.2) is 0 Å². The molecular formula is C10H8Cl2F2O2. The lowest BCUT2D eigenvalue weighted by Gasteiger charge is -2.10. The van der Waals surface area contributed by atoms with Crippen LogP contribution in [-0.2, 0) is 11.2 Å². The predicted octanol–water partition coefficient (Wildman–Crippen LogP) is 3.64. The summed E-state index contributed by atoms with van der Waals surface area (Å²) in [5, 5.41) is -0.151. The molecule has 0 amide bonds. The fraction of sp³-hybridized carbons (Fsp3) is 0.300. The number of rotatable bonds is 5. The van der Waals surface area contributed by atoms with Gasteiger partial charge >= 0.3 is 6.61 Å². The first-order chi connectivity index (χ1) is 7.49. The summed E-state index contributed by atoms with van der Waals surface area (Å²) in [7, 11) is 0. The van der Waals surface area contributed by atoms with Gasteiger partial charge in [0.1, 0.15) is 5.75 Å². The van der Waals surface area contributed by atoms with E-state index in [2.05, 4.69) is 4.74 Å². The molecule has 0 saturated carbocycles. The van der Waals surface area contributed by atoms with Gasteiger partial charge in [0.05, 0.1) is 0 Å². The first kappa shape index (κ1) is 13.2. The number of benzene rings is 1. The second-order valence-corrected chi connectivity index (χ2v) is 3.84. The molecular weight excluding hydrogens is 261 g/mol. The van der Waals surface area contributed by atoms with E-state index in [0.717, 1.165) is 0 Å². The molecule has 0 aliphatic rings. The van der Waals surface area contributed by atoms with Crippen LogP contribution in [0.3, 0.4) is 0 Å². The normalized spacial score (nSPS) is 10.6. The molecule has 0 spiro atoms. The topological polar surface area (TPSA) is 26.3 Å². The summed E-state index contributed by atoms with van der Waals surface area (Å²) in [6.07, 6.45) is 0.256. The number of carbonyl (C=O) groups excluding carboxylic acids is 1. The highest BCUT2D eigenvalue weighted by molar-refractivity contribution is 6.63. The van der Waals surface area contributed by atoms with Crippen molar-refractivity contribution in [2.45, 2.75) is 19.5 Å². The third-order valence-electron chi connectivity index (χ3n) is 1.83. The van der Waals surface area contributed by atoms with E-state index in [1.54, 1.807) is 0 Å². The molecule has 1 rings (SSSR count). The Morgan fingerprint density at radius 1 is 1.44 bits per heavy atom. The van der Waals surface area contributed by atoms with Gasteiger partial charge in [-0.15, -0.1) is 0 Å². The quantitative estimate of drug-likeness (QED) is 0.763. The number of hydrogen-bond acceptors (Lipinski definition) is 2. The van der Waals surface area contributed by atoms with E-state index >= 15 is 0 Å². The molecule has 0 fully saturated rings. The molecule has 16 heavy (non-hydrogen) atoms. The highest BCUT2D eigenvalue weighted by Gasteiger charge is 2.11. The van der Waals surface area contributed by atoms with Gasteiger partial charge in [-0.05, 0) is 41.8 Å². The lowest BCUT2D eigenvalue weighted by molar-refractivity contribution is -0.111. The Bertz CT molecular complexity index is 383. The van der Waals surface area contributed by atoms with Crippen molar-refractivity contribution in [1.82, 2.24) is 0 Å². The summed E-state index contributed by atoms with van der Waals surface area (Å²) in [6.45, 7) is -2.91. The number of halogens is 4. The van der Waals surface area contributed by atoms with Crippen LogP contribution in [0.15, 0.2) is 18.2 Å². The molecule has 0 aliphatic heterocycles. The number of alkyl halides is 2. The summed E-state index contributed by atoms with van der Waals surface area (Å²) >= 11 is 10.9. The summed E-state index contributed by atoms with van der Waals surface area (Å²) in [4.78, 5) is 10.6. The Hall–Kier alpha value is -0.870. The van der Waals surface area contributed by atoms with E-state index in [9.17, 15) is 13.6 Å². The molecule has 0 atom stereocenters. The van der Waals surface area contributed by atoms with Crippen LogP contribution in [0.4, 0.5) is 8.78 Å². The smallest absolute Gasteiger partial charge is 0.387 e. The van der Waals surface area contributed by atoms with Crippen molar-refractivity contribution in [3.8, 4) is 5.75 Å². The van der Waals surface area contributed by atoms with E-state index in [-0.39, 0.29) is 18.6 Å². The van der Waals surface area contributed by atoms with Gasteiger partial charge in [-0.3, -0.25) is 4.79 Å². The van der Waals surface area contributed by atoms with E-state index in [4.69, 9.17) is 23.2 Å². The van der Waals surface area contributed by atoms with Crippen LogP contribution < -0.4 is 4.74 Å². The van der Waals surface area contributed by atoms with Crippen molar-refractivity contribution in [2.24, 2.45) is 0 Å². The largest absolute Gasteiger partial charge is 0.435 e. The van der Waals surface area contributed by atoms with Crippen molar-refractivity contribution in [3.63, 3.8) is 0 Å². The Kier molecular flexibility index (Phi) is 4.96. The minimum atomic E-state index is -2.91. The molecule has 0 heterocycles. The van der Waals surface area contributed by atoms with Crippen LogP contribution in [0, 0.1) is 0 Å². The van der Waals surface area contributed by atoms with E-state index in [1.807, 2.05) is 0 Å². The first-order valence-corrected chi connectivity index (χ1v) is 5.16. The monoisotopic (exact) mass is 268 g/mol. The summed E-state index contributed by atoms with van der Waals surface area (Å²) in [5.74, 6) is 0.0114. The van der Waals surface area contributed by atoms with E-state index < -0.39 is 11.9 Å². The second kappa shape index (κ2) is 6.01. The molecule has 1 aromatic rings. The molecule has 1 aromatic carbocycles. The molecule has 88 valence electrons. The van der Waals surface area contributed by atoms with Crippen LogP contribution in [0.2, 0.25) is 5.02 Å². The third-order valence-corrected chi connectivity index (χ3v) is 2.25. The standard InChI is InChI=1S/C10H8Cl2F2O2/c11-7-2-3-8(16-10(13)14)6(5-7)1-4-9(12)15/h2-3,5,10H,1,4H2. The molecule has 0 bridgehead atoms. The molecule has 0 unspecified atom stereocenters. The van der Waals surface area contributed by atoms with Gasteiger partial charge in [0.2, 0.25) is 5.24 Å². The zero-order valence-electron chi connectivity index (χ0n) is 8.05. The predicted molar refractivity (Wildman–Crippen MR) is 57.3 cm³/mol. The third kappa shape index (κ3) is 4.33. The van der Waals surface area contributed by atoms with Gasteiger partial charge < -0.3 is 4.74 Å². The summed E-state index contributed by atoms with van der Waals surface area (Å²) < 4.78 is 28.4. The molecule has 2 nitrogen and oxygen atoms in total. The Balaban J connectivity index is 2.84. The van der Waals surface area contributed by atoms with Crippen LogP contribution in [-0.4, -0.2) is 11.9 Å². The molecule has 0 radical (unpaired) electrons. The average molecular weight is 269 g/mol. The van der Waals surface area contributed by atoms with Gasteiger partial charge in [0.25, 0.3) is 0 Å². The van der Waals surface area contributed by atoms with Gasteiger partial charge in [0, 0.05) is 11.4 Å². The summed E-state index contributed by atoms with van der Waals surface area (Å²) in [5.41, 5.74) is 0.432. The van der Waals surface area contributed by atoms with Crippen molar-refractivity contribution < 1.29 is 18.3 Å². The number of carbonyl (C=O) groups is 1. The zero-order valence-corrected chi connectivity index (χ0v) is 9.56. The van der Waals surface area contributed by atoms with Gasteiger partial charge in [-0.1, -0.05) is 11.6 Å². The average Bonchev–Trinajstić information content (AvgIpc) is 2.17. The molecule has 0 aromatic heterocycles. The SMILES string of the molecule is O=C(Cl)CCc1cc(Cl)ccc1OC(F)F. The zero-order chi connectivity index (χ0) is 12.1. The maximum absolute atomic E-state index is 12.1. The number of aryl methyl sites for hydroxylation is 1. The van der Waals surface area contributed by atoms with Crippen molar-refractivity contribution in [1.29, 1.82) is 0 Å². The maximum Gasteiger partial charge on any atom is 0.387 e. The van der Waals surface area contributed by atoms with Crippen LogP contribution in [0.5, 0.6) is 5.75 Å². The fourth-order valence-electron chi connectivity index (χ4n) is 1.19. The number of hydrogen-bond donors (Lipinski definition) is 0. The van der Waals surface area contributed by atoms with Gasteiger partial charge in [-0.25, -0.2) is 0 Å². The van der Waals surface area contributed by atoms with Crippen molar-refractivity contribution in [3.05, 3.63) is 28.8 Å².